The van der Waals surface area contributed by atoms with Crippen LogP contribution in [0.15, 0.2) is 24.3 Å². The van der Waals surface area contributed by atoms with Gasteiger partial charge in [0, 0.05) is 19.1 Å². The van der Waals surface area contributed by atoms with E-state index >= 15 is 0 Å². The fraction of sp³-hybridized carbons (Fsp3) is 0.571. The number of alkyl halides is 2. The standard InChI is InChI=1S/C14H22F2N2/c1-11(2)17-8-12-4-6-13(7-5-12)9-18(3)10-14(15)16/h4-7,11,14,17H,8-10H2,1-3H3. The van der Waals surface area contributed by atoms with Crippen LogP contribution in [0.2, 0.25) is 0 Å². The van der Waals surface area contributed by atoms with Gasteiger partial charge in [0.05, 0.1) is 6.54 Å². The second-order valence-electron chi connectivity index (χ2n) is 4.94. The van der Waals surface area contributed by atoms with Gasteiger partial charge in [-0.1, -0.05) is 38.1 Å². The first kappa shape index (κ1) is 15.1. The molecule has 0 saturated heterocycles. The van der Waals surface area contributed by atoms with E-state index in [9.17, 15) is 8.78 Å². The van der Waals surface area contributed by atoms with E-state index in [2.05, 4.69) is 19.2 Å². The van der Waals surface area contributed by atoms with Crippen molar-refractivity contribution in [2.24, 2.45) is 0 Å². The van der Waals surface area contributed by atoms with Crippen LogP contribution in [0.5, 0.6) is 0 Å². The SMILES string of the molecule is CC(C)NCc1ccc(CN(C)CC(F)F)cc1. The third-order valence-electron chi connectivity index (χ3n) is 2.64. The average molecular weight is 256 g/mol. The van der Waals surface area contributed by atoms with Gasteiger partial charge in [-0.15, -0.1) is 0 Å². The maximum atomic E-state index is 12.2. The Bertz CT molecular complexity index is 336. The third-order valence-corrected chi connectivity index (χ3v) is 2.64. The predicted octanol–water partition coefficient (Wildman–Crippen LogP) is 2.88. The van der Waals surface area contributed by atoms with E-state index in [0.29, 0.717) is 12.6 Å². The molecular weight excluding hydrogens is 234 g/mol. The lowest BCUT2D eigenvalue weighted by Gasteiger charge is -2.16. The number of nitrogens with zero attached hydrogens (tertiary/aromatic N) is 1. The summed E-state index contributed by atoms with van der Waals surface area (Å²) >= 11 is 0. The van der Waals surface area contributed by atoms with Crippen LogP contribution in [-0.2, 0) is 13.1 Å². The molecule has 18 heavy (non-hydrogen) atoms. The van der Waals surface area contributed by atoms with Crippen molar-refractivity contribution < 1.29 is 8.78 Å². The van der Waals surface area contributed by atoms with Gasteiger partial charge >= 0.3 is 0 Å². The quantitative estimate of drug-likeness (QED) is 0.807. The number of rotatable bonds is 7. The number of nitrogens with one attached hydrogen (secondary N) is 1. The van der Waals surface area contributed by atoms with E-state index in [1.165, 1.54) is 5.56 Å². The van der Waals surface area contributed by atoms with E-state index in [0.717, 1.165) is 12.1 Å². The van der Waals surface area contributed by atoms with Gasteiger partial charge in [-0.3, -0.25) is 4.90 Å². The molecule has 0 radical (unpaired) electrons. The summed E-state index contributed by atoms with van der Waals surface area (Å²) in [6, 6.07) is 8.54. The van der Waals surface area contributed by atoms with Gasteiger partial charge in [-0.25, -0.2) is 8.78 Å². The molecule has 0 heterocycles. The van der Waals surface area contributed by atoms with Crippen LogP contribution in [-0.4, -0.2) is 31.0 Å². The highest BCUT2D eigenvalue weighted by atomic mass is 19.3. The van der Waals surface area contributed by atoms with Gasteiger partial charge in [0.1, 0.15) is 0 Å². The molecule has 2 nitrogen and oxygen atoms in total. The molecule has 1 aromatic carbocycles. The molecule has 0 bridgehead atoms. The van der Waals surface area contributed by atoms with Crippen molar-refractivity contribution in [3.63, 3.8) is 0 Å². The maximum Gasteiger partial charge on any atom is 0.251 e. The molecule has 0 fully saturated rings. The lowest BCUT2D eigenvalue weighted by Crippen LogP contribution is -2.24. The van der Waals surface area contributed by atoms with Gasteiger partial charge in [0.2, 0.25) is 0 Å². The third kappa shape index (κ3) is 6.07. The molecule has 0 aliphatic carbocycles. The average Bonchev–Trinajstić information content (AvgIpc) is 2.26. The minimum Gasteiger partial charge on any atom is -0.310 e. The fourth-order valence-electron chi connectivity index (χ4n) is 1.70. The summed E-state index contributed by atoms with van der Waals surface area (Å²) in [6.45, 7) is 5.42. The lowest BCUT2D eigenvalue weighted by molar-refractivity contribution is 0.0975. The fourth-order valence-corrected chi connectivity index (χ4v) is 1.70. The van der Waals surface area contributed by atoms with Crippen molar-refractivity contribution in [1.82, 2.24) is 10.2 Å². The minimum atomic E-state index is -2.27. The zero-order chi connectivity index (χ0) is 13.5. The predicted molar refractivity (Wildman–Crippen MR) is 70.8 cm³/mol. The van der Waals surface area contributed by atoms with Gasteiger partial charge < -0.3 is 5.32 Å². The highest BCUT2D eigenvalue weighted by Gasteiger charge is 2.07. The van der Waals surface area contributed by atoms with Crippen molar-refractivity contribution in [1.29, 1.82) is 0 Å². The van der Waals surface area contributed by atoms with Gasteiger partial charge in [0.15, 0.2) is 0 Å². The van der Waals surface area contributed by atoms with Crippen molar-refractivity contribution in [2.75, 3.05) is 13.6 Å². The van der Waals surface area contributed by atoms with Crippen molar-refractivity contribution >= 4 is 0 Å². The molecule has 1 aromatic rings. The van der Waals surface area contributed by atoms with Crippen molar-refractivity contribution in [3.05, 3.63) is 35.4 Å². The monoisotopic (exact) mass is 256 g/mol. The molecule has 4 heteroatoms. The molecule has 1 N–H and O–H groups in total. The maximum absolute atomic E-state index is 12.2. The molecular formula is C14H22F2N2. The molecule has 102 valence electrons. The lowest BCUT2D eigenvalue weighted by atomic mass is 10.1. The van der Waals surface area contributed by atoms with E-state index in [4.69, 9.17) is 0 Å². The van der Waals surface area contributed by atoms with Crippen molar-refractivity contribution in [3.8, 4) is 0 Å². The van der Waals surface area contributed by atoms with Crippen LogP contribution in [0.3, 0.4) is 0 Å². The molecule has 0 atom stereocenters. The molecule has 0 aliphatic rings. The number of hydrogen-bond acceptors (Lipinski definition) is 2. The van der Waals surface area contributed by atoms with Crippen LogP contribution in [0.25, 0.3) is 0 Å². The Morgan fingerprint density at radius 1 is 1.11 bits per heavy atom. The Morgan fingerprint density at radius 2 is 1.67 bits per heavy atom. The second kappa shape index (κ2) is 7.44. The Labute approximate surface area is 108 Å². The smallest absolute Gasteiger partial charge is 0.251 e. The normalized spacial score (nSPS) is 11.8. The summed E-state index contributed by atoms with van der Waals surface area (Å²) in [5.41, 5.74) is 2.27. The summed E-state index contributed by atoms with van der Waals surface area (Å²) in [5.74, 6) is 0. The van der Waals surface area contributed by atoms with E-state index in [1.807, 2.05) is 24.3 Å². The summed E-state index contributed by atoms with van der Waals surface area (Å²) < 4.78 is 24.4. The minimum absolute atomic E-state index is 0.184. The zero-order valence-corrected chi connectivity index (χ0v) is 11.3. The molecule has 0 aliphatic heterocycles. The first-order valence-electron chi connectivity index (χ1n) is 6.25. The van der Waals surface area contributed by atoms with E-state index in [-0.39, 0.29) is 6.54 Å². The summed E-state index contributed by atoms with van der Waals surface area (Å²) in [4.78, 5) is 1.63. The van der Waals surface area contributed by atoms with Gasteiger partial charge in [-0.05, 0) is 18.2 Å². The molecule has 0 unspecified atom stereocenters. The second-order valence-corrected chi connectivity index (χ2v) is 4.94. The van der Waals surface area contributed by atoms with Gasteiger partial charge in [-0.2, -0.15) is 0 Å². The Kier molecular flexibility index (Phi) is 6.22. The molecule has 0 amide bonds. The summed E-state index contributed by atoms with van der Waals surface area (Å²) in [7, 11) is 1.71. The van der Waals surface area contributed by atoms with Crippen LogP contribution >= 0.6 is 0 Å². The summed E-state index contributed by atoms with van der Waals surface area (Å²) in [5, 5.41) is 3.34. The molecule has 0 spiro atoms. The van der Waals surface area contributed by atoms with Crippen LogP contribution in [0.1, 0.15) is 25.0 Å². The Hall–Kier alpha value is -1.00. The number of benzene rings is 1. The number of hydrogen-bond donors (Lipinski definition) is 1. The van der Waals surface area contributed by atoms with Crippen LogP contribution in [0.4, 0.5) is 8.78 Å². The largest absolute Gasteiger partial charge is 0.310 e. The molecule has 1 rings (SSSR count). The Balaban J connectivity index is 2.44. The topological polar surface area (TPSA) is 15.3 Å². The highest BCUT2D eigenvalue weighted by molar-refractivity contribution is 5.22. The van der Waals surface area contributed by atoms with E-state index < -0.39 is 6.43 Å². The van der Waals surface area contributed by atoms with Gasteiger partial charge in [0.25, 0.3) is 6.43 Å². The molecule has 0 aromatic heterocycles. The van der Waals surface area contributed by atoms with Crippen LogP contribution in [0, 0.1) is 0 Å². The van der Waals surface area contributed by atoms with Crippen LogP contribution < -0.4 is 5.32 Å². The van der Waals surface area contributed by atoms with Crippen molar-refractivity contribution in [2.45, 2.75) is 39.4 Å². The Morgan fingerprint density at radius 3 is 2.17 bits per heavy atom. The first-order chi connectivity index (χ1) is 8.47. The molecule has 0 saturated carbocycles. The highest BCUT2D eigenvalue weighted by Crippen LogP contribution is 2.08. The zero-order valence-electron chi connectivity index (χ0n) is 11.3. The summed E-state index contributed by atoms with van der Waals surface area (Å²) in [6.07, 6.45) is -2.27. The van der Waals surface area contributed by atoms with E-state index in [1.54, 1.807) is 11.9 Å². The first-order valence-corrected chi connectivity index (χ1v) is 6.25. The number of halogens is 2.